The first kappa shape index (κ1) is 16.4. The van der Waals surface area contributed by atoms with Gasteiger partial charge in [0.05, 0.1) is 22.5 Å². The van der Waals surface area contributed by atoms with Crippen molar-refractivity contribution in [3.63, 3.8) is 0 Å². The number of benzene rings is 1. The van der Waals surface area contributed by atoms with E-state index in [1.54, 1.807) is 21.0 Å². The SMILES string of the molecule is C[C@@H](NC(=O)CSCc1nc2ccccc2[nH]1)C(=O)N(C)C. The Kier molecular flexibility index (Phi) is 5.43. The van der Waals surface area contributed by atoms with Crippen molar-refractivity contribution in [1.29, 1.82) is 0 Å². The third-order valence-electron chi connectivity index (χ3n) is 3.10. The van der Waals surface area contributed by atoms with Crippen LogP contribution in [-0.4, -0.2) is 52.6 Å². The average molecular weight is 320 g/mol. The molecule has 118 valence electrons. The molecule has 1 atom stereocenters. The van der Waals surface area contributed by atoms with E-state index in [0.29, 0.717) is 11.5 Å². The molecule has 0 aliphatic carbocycles. The number of thioether (sulfide) groups is 1. The van der Waals surface area contributed by atoms with Gasteiger partial charge in [-0.1, -0.05) is 12.1 Å². The number of amides is 2. The van der Waals surface area contributed by atoms with E-state index in [-0.39, 0.29) is 11.8 Å². The van der Waals surface area contributed by atoms with Crippen LogP contribution in [0.5, 0.6) is 0 Å². The summed E-state index contributed by atoms with van der Waals surface area (Å²) < 4.78 is 0. The highest BCUT2D eigenvalue weighted by Gasteiger charge is 2.16. The van der Waals surface area contributed by atoms with Gasteiger partial charge in [-0.15, -0.1) is 11.8 Å². The minimum absolute atomic E-state index is 0.115. The van der Waals surface area contributed by atoms with Crippen LogP contribution in [0.25, 0.3) is 11.0 Å². The van der Waals surface area contributed by atoms with Crippen molar-refractivity contribution < 1.29 is 9.59 Å². The number of imidazole rings is 1. The molecule has 0 saturated carbocycles. The zero-order valence-electron chi connectivity index (χ0n) is 12.9. The largest absolute Gasteiger partial charge is 0.347 e. The molecule has 0 aliphatic heterocycles. The van der Waals surface area contributed by atoms with Gasteiger partial charge in [0.2, 0.25) is 11.8 Å². The number of hydrogen-bond donors (Lipinski definition) is 2. The fraction of sp³-hybridized carbons (Fsp3) is 0.400. The second-order valence-corrected chi connectivity index (χ2v) is 6.20. The number of rotatable bonds is 6. The van der Waals surface area contributed by atoms with Crippen LogP contribution < -0.4 is 5.32 Å². The standard InChI is InChI=1S/C15H20N4O2S/c1-10(15(21)19(2)3)16-14(20)9-22-8-13-17-11-6-4-5-7-12(11)18-13/h4-7,10H,8-9H2,1-3H3,(H,16,20)(H,17,18)/t10-/m1/s1. The van der Waals surface area contributed by atoms with E-state index in [1.807, 2.05) is 24.3 Å². The minimum atomic E-state index is -0.505. The zero-order valence-corrected chi connectivity index (χ0v) is 13.7. The van der Waals surface area contributed by atoms with Gasteiger partial charge in [0.1, 0.15) is 11.9 Å². The van der Waals surface area contributed by atoms with Gasteiger partial charge in [-0.2, -0.15) is 0 Å². The maximum absolute atomic E-state index is 11.8. The Hall–Kier alpha value is -2.02. The molecule has 22 heavy (non-hydrogen) atoms. The van der Waals surface area contributed by atoms with Crippen molar-refractivity contribution in [3.05, 3.63) is 30.1 Å². The van der Waals surface area contributed by atoms with Crippen LogP contribution in [0.15, 0.2) is 24.3 Å². The van der Waals surface area contributed by atoms with Gasteiger partial charge in [0.15, 0.2) is 0 Å². The first-order valence-corrected chi connectivity index (χ1v) is 8.14. The maximum Gasteiger partial charge on any atom is 0.244 e. The van der Waals surface area contributed by atoms with Gasteiger partial charge in [-0.05, 0) is 19.1 Å². The fourth-order valence-electron chi connectivity index (χ4n) is 2.05. The Morgan fingerprint density at radius 2 is 2.09 bits per heavy atom. The molecule has 6 nitrogen and oxygen atoms in total. The first-order chi connectivity index (χ1) is 10.5. The van der Waals surface area contributed by atoms with Crippen molar-refractivity contribution in [2.45, 2.75) is 18.7 Å². The number of nitrogens with one attached hydrogen (secondary N) is 2. The van der Waals surface area contributed by atoms with Crippen LogP contribution in [0, 0.1) is 0 Å². The third-order valence-corrected chi connectivity index (χ3v) is 4.04. The smallest absolute Gasteiger partial charge is 0.244 e. The summed E-state index contributed by atoms with van der Waals surface area (Å²) in [5, 5.41) is 2.69. The summed E-state index contributed by atoms with van der Waals surface area (Å²) in [6, 6.07) is 7.30. The number of aromatic amines is 1. The third kappa shape index (κ3) is 4.24. The molecule has 1 aromatic heterocycles. The van der Waals surface area contributed by atoms with Gasteiger partial charge < -0.3 is 15.2 Å². The van der Waals surface area contributed by atoms with Crippen LogP contribution >= 0.6 is 11.8 Å². The van der Waals surface area contributed by atoms with Gasteiger partial charge in [-0.3, -0.25) is 9.59 Å². The number of H-pyrrole nitrogens is 1. The van der Waals surface area contributed by atoms with Crippen LogP contribution in [0.1, 0.15) is 12.7 Å². The summed E-state index contributed by atoms with van der Waals surface area (Å²) in [7, 11) is 3.34. The molecule has 2 rings (SSSR count). The molecule has 0 spiro atoms. The van der Waals surface area contributed by atoms with Gasteiger partial charge in [-0.25, -0.2) is 4.98 Å². The summed E-state index contributed by atoms with van der Waals surface area (Å²) in [5.41, 5.74) is 1.92. The molecule has 0 unspecified atom stereocenters. The topological polar surface area (TPSA) is 78.1 Å². The lowest BCUT2D eigenvalue weighted by atomic mass is 10.3. The second kappa shape index (κ2) is 7.31. The van der Waals surface area contributed by atoms with Gasteiger partial charge >= 0.3 is 0 Å². The normalized spacial score (nSPS) is 12.1. The lowest BCUT2D eigenvalue weighted by molar-refractivity contribution is -0.133. The highest BCUT2D eigenvalue weighted by molar-refractivity contribution is 7.99. The first-order valence-electron chi connectivity index (χ1n) is 6.99. The Morgan fingerprint density at radius 1 is 1.36 bits per heavy atom. The Bertz CT molecular complexity index is 635. The predicted octanol–water partition coefficient (Wildman–Crippen LogP) is 1.39. The van der Waals surface area contributed by atoms with Crippen molar-refractivity contribution in [1.82, 2.24) is 20.2 Å². The number of para-hydroxylation sites is 2. The maximum atomic E-state index is 11.8. The van der Waals surface area contributed by atoms with E-state index in [2.05, 4.69) is 15.3 Å². The molecule has 2 aromatic rings. The van der Waals surface area contributed by atoms with Crippen molar-refractivity contribution >= 4 is 34.6 Å². The van der Waals surface area contributed by atoms with Gasteiger partial charge in [0.25, 0.3) is 0 Å². The molecular formula is C15H20N4O2S. The quantitative estimate of drug-likeness (QED) is 0.843. The monoisotopic (exact) mass is 320 g/mol. The Balaban J connectivity index is 1.78. The molecule has 7 heteroatoms. The summed E-state index contributed by atoms with van der Waals surface area (Å²) >= 11 is 1.46. The fourth-order valence-corrected chi connectivity index (χ4v) is 2.75. The van der Waals surface area contributed by atoms with E-state index < -0.39 is 6.04 Å². The number of aromatic nitrogens is 2. The Labute approximate surface area is 133 Å². The number of carbonyl (C=O) groups excluding carboxylic acids is 2. The summed E-state index contributed by atoms with van der Waals surface area (Å²) in [6.07, 6.45) is 0. The second-order valence-electron chi connectivity index (χ2n) is 5.22. The lowest BCUT2D eigenvalue weighted by Crippen LogP contribution is -2.44. The van der Waals surface area contributed by atoms with E-state index in [4.69, 9.17) is 0 Å². The van der Waals surface area contributed by atoms with Crippen LogP contribution in [0.3, 0.4) is 0 Å². The van der Waals surface area contributed by atoms with Crippen LogP contribution in [0.2, 0.25) is 0 Å². The van der Waals surface area contributed by atoms with Gasteiger partial charge in [0, 0.05) is 14.1 Å². The molecule has 1 heterocycles. The highest BCUT2D eigenvalue weighted by Crippen LogP contribution is 2.14. The highest BCUT2D eigenvalue weighted by atomic mass is 32.2. The molecule has 0 aliphatic rings. The molecule has 2 amide bonds. The summed E-state index contributed by atoms with van der Waals surface area (Å²) in [4.78, 5) is 32.6. The molecule has 1 aromatic carbocycles. The lowest BCUT2D eigenvalue weighted by Gasteiger charge is -2.17. The van der Waals surface area contributed by atoms with E-state index in [9.17, 15) is 9.59 Å². The summed E-state index contributed by atoms with van der Waals surface area (Å²) in [5.74, 6) is 1.50. The molecule has 0 bridgehead atoms. The number of fused-ring (bicyclic) bond motifs is 1. The molecular weight excluding hydrogens is 300 g/mol. The van der Waals surface area contributed by atoms with E-state index in [0.717, 1.165) is 16.9 Å². The molecule has 0 fully saturated rings. The summed E-state index contributed by atoms with van der Waals surface area (Å²) in [6.45, 7) is 1.68. The number of nitrogens with zero attached hydrogens (tertiary/aromatic N) is 2. The van der Waals surface area contributed by atoms with Crippen molar-refractivity contribution in [3.8, 4) is 0 Å². The van der Waals surface area contributed by atoms with E-state index >= 15 is 0 Å². The van der Waals surface area contributed by atoms with E-state index in [1.165, 1.54) is 16.7 Å². The number of hydrogen-bond acceptors (Lipinski definition) is 4. The Morgan fingerprint density at radius 3 is 2.77 bits per heavy atom. The average Bonchev–Trinajstić information content (AvgIpc) is 2.88. The molecule has 2 N–H and O–H groups in total. The van der Waals surface area contributed by atoms with Crippen LogP contribution in [0.4, 0.5) is 0 Å². The van der Waals surface area contributed by atoms with Crippen LogP contribution in [-0.2, 0) is 15.3 Å². The zero-order chi connectivity index (χ0) is 16.1. The molecule has 0 saturated heterocycles. The number of likely N-dealkylation sites (N-methyl/N-ethyl adjacent to an activating group) is 1. The van der Waals surface area contributed by atoms with Crippen molar-refractivity contribution in [2.24, 2.45) is 0 Å². The predicted molar refractivity (Wildman–Crippen MR) is 88.6 cm³/mol. The van der Waals surface area contributed by atoms with Crippen molar-refractivity contribution in [2.75, 3.05) is 19.8 Å². The minimum Gasteiger partial charge on any atom is -0.347 e. The number of carbonyl (C=O) groups is 2. The molecule has 0 radical (unpaired) electrons.